The van der Waals surface area contributed by atoms with E-state index in [2.05, 4.69) is 15.6 Å². The minimum absolute atomic E-state index is 0.0213. The van der Waals surface area contributed by atoms with Crippen LogP contribution >= 0.6 is 11.6 Å². The summed E-state index contributed by atoms with van der Waals surface area (Å²) >= 11 is 5.80. The molecular weight excluding hydrogens is 312 g/mol. The summed E-state index contributed by atoms with van der Waals surface area (Å²) in [6.45, 7) is 0.845. The van der Waals surface area contributed by atoms with Crippen LogP contribution in [-0.4, -0.2) is 10.9 Å². The molecule has 0 atom stereocenters. The highest BCUT2D eigenvalue weighted by Crippen LogP contribution is 2.09. The zero-order chi connectivity index (χ0) is 16.5. The van der Waals surface area contributed by atoms with Crippen LogP contribution in [-0.2, 0) is 17.9 Å². The second kappa shape index (κ2) is 8.57. The number of carbonyl (C=O) groups excluding carboxylic acids is 1. The molecule has 2 aromatic rings. The van der Waals surface area contributed by atoms with Crippen molar-refractivity contribution in [2.75, 3.05) is 0 Å². The van der Waals surface area contributed by atoms with Crippen LogP contribution in [0.15, 0.2) is 60.6 Å². The Morgan fingerprint density at radius 2 is 1.78 bits per heavy atom. The molecule has 5 nitrogen and oxygen atoms in total. The molecule has 0 unspecified atom stereocenters. The van der Waals surface area contributed by atoms with E-state index in [9.17, 15) is 4.79 Å². The Morgan fingerprint density at radius 3 is 2.43 bits per heavy atom. The van der Waals surface area contributed by atoms with E-state index in [4.69, 9.17) is 16.9 Å². The Labute approximate surface area is 139 Å². The lowest BCUT2D eigenvalue weighted by atomic mass is 10.2. The number of hydrogen-bond acceptors (Lipinski definition) is 4. The number of nitrogens with zero attached hydrogens (tertiary/aromatic N) is 2. The van der Waals surface area contributed by atoms with E-state index in [-0.39, 0.29) is 5.57 Å². The van der Waals surface area contributed by atoms with Crippen molar-refractivity contribution in [2.24, 2.45) is 0 Å². The molecule has 0 saturated carbocycles. The lowest BCUT2D eigenvalue weighted by Gasteiger charge is -2.05. The maximum atomic E-state index is 12.0. The highest BCUT2D eigenvalue weighted by molar-refractivity contribution is 6.30. The molecule has 0 aliphatic carbocycles. The molecule has 2 N–H and O–H groups in total. The van der Waals surface area contributed by atoms with E-state index in [1.54, 1.807) is 24.5 Å². The van der Waals surface area contributed by atoms with Gasteiger partial charge in [0.25, 0.3) is 5.91 Å². The number of nitrogens with one attached hydrogen (secondary N) is 2. The smallest absolute Gasteiger partial charge is 0.263 e. The summed E-state index contributed by atoms with van der Waals surface area (Å²) in [7, 11) is 0. The van der Waals surface area contributed by atoms with Gasteiger partial charge in [-0.2, -0.15) is 5.26 Å². The van der Waals surface area contributed by atoms with Gasteiger partial charge in [-0.25, -0.2) is 0 Å². The molecule has 0 saturated heterocycles. The topological polar surface area (TPSA) is 77.8 Å². The minimum Gasteiger partial charge on any atom is -0.386 e. The molecule has 0 bridgehead atoms. The van der Waals surface area contributed by atoms with Crippen LogP contribution in [0.3, 0.4) is 0 Å². The number of aromatic nitrogens is 1. The number of pyridine rings is 1. The van der Waals surface area contributed by atoms with E-state index < -0.39 is 5.91 Å². The summed E-state index contributed by atoms with van der Waals surface area (Å²) in [5.74, 6) is -0.426. The lowest BCUT2D eigenvalue weighted by molar-refractivity contribution is -0.117. The summed E-state index contributed by atoms with van der Waals surface area (Å²) in [6.07, 6.45) is 4.78. The molecule has 1 amide bonds. The number of benzene rings is 1. The van der Waals surface area contributed by atoms with Crippen molar-refractivity contribution in [1.82, 2.24) is 15.6 Å². The first-order chi connectivity index (χ1) is 11.2. The second-order valence-corrected chi connectivity index (χ2v) is 5.15. The van der Waals surface area contributed by atoms with E-state index in [1.807, 2.05) is 30.3 Å². The van der Waals surface area contributed by atoms with Gasteiger partial charge in [-0.05, 0) is 35.4 Å². The first kappa shape index (κ1) is 16.5. The van der Waals surface area contributed by atoms with Crippen LogP contribution in [0, 0.1) is 11.3 Å². The average Bonchev–Trinajstić information content (AvgIpc) is 2.59. The van der Waals surface area contributed by atoms with Crippen molar-refractivity contribution in [2.45, 2.75) is 13.1 Å². The Kier molecular flexibility index (Phi) is 6.16. The Balaban J connectivity index is 1.86. The Morgan fingerprint density at radius 1 is 1.13 bits per heavy atom. The molecule has 1 heterocycles. The highest BCUT2D eigenvalue weighted by atomic mass is 35.5. The van der Waals surface area contributed by atoms with E-state index in [0.29, 0.717) is 18.1 Å². The number of amides is 1. The van der Waals surface area contributed by atoms with Gasteiger partial charge in [-0.1, -0.05) is 23.7 Å². The molecule has 1 aromatic carbocycles. The molecule has 0 fully saturated rings. The molecule has 0 spiro atoms. The molecule has 23 heavy (non-hydrogen) atoms. The fourth-order valence-corrected chi connectivity index (χ4v) is 1.93. The average molecular weight is 327 g/mol. The normalized spacial score (nSPS) is 10.7. The van der Waals surface area contributed by atoms with Crippen LogP contribution in [0.4, 0.5) is 0 Å². The van der Waals surface area contributed by atoms with Crippen LogP contribution in [0.2, 0.25) is 5.02 Å². The summed E-state index contributed by atoms with van der Waals surface area (Å²) in [6, 6.07) is 12.7. The largest absolute Gasteiger partial charge is 0.386 e. The Bertz CT molecular complexity index is 721. The van der Waals surface area contributed by atoms with E-state index >= 15 is 0 Å². The molecule has 0 radical (unpaired) electrons. The summed E-state index contributed by atoms with van der Waals surface area (Å²) < 4.78 is 0. The molecule has 1 aromatic heterocycles. The highest BCUT2D eigenvalue weighted by Gasteiger charge is 2.08. The van der Waals surface area contributed by atoms with Crippen molar-refractivity contribution in [1.29, 1.82) is 5.26 Å². The molecule has 0 aliphatic heterocycles. The number of rotatable bonds is 6. The summed E-state index contributed by atoms with van der Waals surface area (Å²) in [4.78, 5) is 15.9. The number of hydrogen-bond donors (Lipinski definition) is 2. The lowest BCUT2D eigenvalue weighted by Crippen LogP contribution is -2.25. The second-order valence-electron chi connectivity index (χ2n) is 4.72. The third kappa shape index (κ3) is 5.46. The fraction of sp³-hybridized carbons (Fsp3) is 0.118. The van der Waals surface area contributed by atoms with E-state index in [1.165, 1.54) is 6.20 Å². The number of nitriles is 1. The van der Waals surface area contributed by atoms with Crippen LogP contribution in [0.5, 0.6) is 0 Å². The van der Waals surface area contributed by atoms with Crippen molar-refractivity contribution >= 4 is 17.5 Å². The van der Waals surface area contributed by atoms with Crippen LogP contribution in [0.1, 0.15) is 11.1 Å². The van der Waals surface area contributed by atoms with Gasteiger partial charge in [0.15, 0.2) is 0 Å². The van der Waals surface area contributed by atoms with Gasteiger partial charge < -0.3 is 10.6 Å². The number of carbonyl (C=O) groups is 1. The van der Waals surface area contributed by atoms with Gasteiger partial charge >= 0.3 is 0 Å². The fourth-order valence-electron chi connectivity index (χ4n) is 1.80. The third-order valence-corrected chi connectivity index (χ3v) is 3.29. The van der Waals surface area contributed by atoms with Gasteiger partial charge in [-0.15, -0.1) is 0 Å². The Hall–Kier alpha value is -2.84. The van der Waals surface area contributed by atoms with Gasteiger partial charge in [0.05, 0.1) is 0 Å². The van der Waals surface area contributed by atoms with Crippen LogP contribution in [0.25, 0.3) is 0 Å². The predicted molar refractivity (Wildman–Crippen MR) is 88.1 cm³/mol. The van der Waals surface area contributed by atoms with Crippen molar-refractivity contribution in [3.05, 3.63) is 76.7 Å². The summed E-state index contributed by atoms with van der Waals surface area (Å²) in [5.41, 5.74) is 1.94. The quantitative estimate of drug-likeness (QED) is 0.631. The molecule has 2 rings (SSSR count). The minimum atomic E-state index is -0.426. The number of halogens is 1. The standard InChI is InChI=1S/C17H15ClN4O/c18-16-3-1-13(2-4-16)11-22-17(23)15(9-19)12-21-10-14-5-7-20-8-6-14/h1-8,12,21H,10-11H2,(H,22,23)/b15-12-. The zero-order valence-electron chi connectivity index (χ0n) is 12.3. The maximum absolute atomic E-state index is 12.0. The first-order valence-electron chi connectivity index (χ1n) is 6.94. The van der Waals surface area contributed by atoms with Gasteiger partial charge in [0, 0.05) is 36.7 Å². The zero-order valence-corrected chi connectivity index (χ0v) is 13.0. The van der Waals surface area contributed by atoms with Crippen molar-refractivity contribution < 1.29 is 4.79 Å². The monoisotopic (exact) mass is 326 g/mol. The summed E-state index contributed by atoms with van der Waals surface area (Å²) in [5, 5.41) is 15.4. The SMILES string of the molecule is N#C/C(=C/NCc1ccncc1)C(=O)NCc1ccc(Cl)cc1. The van der Waals surface area contributed by atoms with Crippen molar-refractivity contribution in [3.8, 4) is 6.07 Å². The molecule has 6 heteroatoms. The van der Waals surface area contributed by atoms with Gasteiger partial charge in [-0.3, -0.25) is 9.78 Å². The van der Waals surface area contributed by atoms with Gasteiger partial charge in [0.1, 0.15) is 11.6 Å². The van der Waals surface area contributed by atoms with Gasteiger partial charge in [0.2, 0.25) is 0 Å². The van der Waals surface area contributed by atoms with Crippen molar-refractivity contribution in [3.63, 3.8) is 0 Å². The maximum Gasteiger partial charge on any atom is 0.263 e. The first-order valence-corrected chi connectivity index (χ1v) is 7.32. The molecule has 0 aliphatic rings. The molecular formula is C17H15ClN4O. The van der Waals surface area contributed by atoms with Crippen LogP contribution < -0.4 is 10.6 Å². The molecule has 116 valence electrons. The predicted octanol–water partition coefficient (Wildman–Crippen LogP) is 2.55. The van der Waals surface area contributed by atoms with E-state index in [0.717, 1.165) is 11.1 Å². The third-order valence-electron chi connectivity index (χ3n) is 3.03.